The summed E-state index contributed by atoms with van der Waals surface area (Å²) < 4.78 is 0. The van der Waals surface area contributed by atoms with Crippen LogP contribution in [0.5, 0.6) is 0 Å². The fraction of sp³-hybridized carbons (Fsp3) is 0.917. The van der Waals surface area contributed by atoms with Crippen LogP contribution in [0.3, 0.4) is 0 Å². The summed E-state index contributed by atoms with van der Waals surface area (Å²) in [4.78, 5) is 11.7. The fourth-order valence-electron chi connectivity index (χ4n) is 2.15. The largest absolute Gasteiger partial charge is 0.299 e. The van der Waals surface area contributed by atoms with Gasteiger partial charge >= 0.3 is 0 Å². The van der Waals surface area contributed by atoms with Gasteiger partial charge in [-0.1, -0.05) is 33.6 Å². The maximum atomic E-state index is 11.7. The molecule has 1 nitrogen and oxygen atoms in total. The average Bonchev–Trinajstić information content (AvgIpc) is 2.04. The normalized spacial score (nSPS) is 29.2. The van der Waals surface area contributed by atoms with Gasteiger partial charge in [-0.25, -0.2) is 0 Å². The summed E-state index contributed by atoms with van der Waals surface area (Å²) in [7, 11) is 0. The first kappa shape index (κ1) is 10.7. The summed E-state index contributed by atoms with van der Waals surface area (Å²) in [5, 5.41) is 0. The molecule has 0 saturated heterocycles. The fourth-order valence-corrected chi connectivity index (χ4v) is 2.15. The zero-order valence-electron chi connectivity index (χ0n) is 9.18. The third kappa shape index (κ3) is 3.50. The first-order valence-electron chi connectivity index (χ1n) is 5.62. The minimum absolute atomic E-state index is 0.401. The first-order valence-corrected chi connectivity index (χ1v) is 5.62. The van der Waals surface area contributed by atoms with E-state index in [2.05, 4.69) is 20.8 Å². The topological polar surface area (TPSA) is 17.1 Å². The number of Topliss-reactive ketones (excluding diaryl/α,β-unsaturated/α-hetero) is 1. The van der Waals surface area contributed by atoms with E-state index in [9.17, 15) is 4.79 Å². The highest BCUT2D eigenvalue weighted by Gasteiger charge is 2.24. The molecule has 1 saturated carbocycles. The molecule has 0 atom stereocenters. The maximum Gasteiger partial charge on any atom is 0.136 e. The van der Waals surface area contributed by atoms with Crippen LogP contribution in [-0.4, -0.2) is 5.78 Å². The van der Waals surface area contributed by atoms with E-state index in [1.54, 1.807) is 0 Å². The van der Waals surface area contributed by atoms with Crippen molar-refractivity contribution in [1.29, 1.82) is 0 Å². The van der Waals surface area contributed by atoms with E-state index in [-0.39, 0.29) is 0 Å². The average molecular weight is 182 g/mol. The molecule has 0 aromatic heterocycles. The third-order valence-electron chi connectivity index (χ3n) is 3.08. The van der Waals surface area contributed by atoms with Crippen LogP contribution in [0.2, 0.25) is 0 Å². The lowest BCUT2D eigenvalue weighted by atomic mass is 9.79. The summed E-state index contributed by atoms with van der Waals surface area (Å²) in [5.74, 6) is 2.30. The Morgan fingerprint density at radius 3 is 2.23 bits per heavy atom. The van der Waals surface area contributed by atoms with Gasteiger partial charge in [0.25, 0.3) is 0 Å². The molecule has 0 amide bonds. The van der Waals surface area contributed by atoms with Gasteiger partial charge in [0.1, 0.15) is 5.78 Å². The molecule has 1 rings (SSSR count). The molecule has 0 heterocycles. The first-order chi connectivity index (χ1) is 6.09. The second kappa shape index (κ2) is 4.78. The molecular weight excluding hydrogens is 160 g/mol. The van der Waals surface area contributed by atoms with Crippen molar-refractivity contribution in [3.8, 4) is 0 Å². The molecule has 13 heavy (non-hydrogen) atoms. The molecule has 0 aromatic rings. The van der Waals surface area contributed by atoms with Gasteiger partial charge in [-0.2, -0.15) is 0 Å². The number of hydrogen-bond donors (Lipinski definition) is 0. The van der Waals surface area contributed by atoms with Gasteiger partial charge in [0.05, 0.1) is 0 Å². The van der Waals surface area contributed by atoms with E-state index in [1.165, 1.54) is 12.8 Å². The number of carbonyl (C=O) groups is 1. The zero-order valence-corrected chi connectivity index (χ0v) is 9.18. The molecular formula is C12H22O. The quantitative estimate of drug-likeness (QED) is 0.653. The van der Waals surface area contributed by atoms with Crippen LogP contribution in [0.15, 0.2) is 0 Å². The molecule has 0 N–H and O–H groups in total. The van der Waals surface area contributed by atoms with E-state index in [0.29, 0.717) is 17.6 Å². The predicted octanol–water partition coefficient (Wildman–Crippen LogP) is 3.43. The van der Waals surface area contributed by atoms with Crippen molar-refractivity contribution < 1.29 is 4.79 Å². The van der Waals surface area contributed by atoms with Gasteiger partial charge in [0, 0.05) is 12.3 Å². The highest BCUT2D eigenvalue weighted by Crippen LogP contribution is 2.30. The van der Waals surface area contributed by atoms with Crippen molar-refractivity contribution in [3.63, 3.8) is 0 Å². The van der Waals surface area contributed by atoms with Crippen LogP contribution in [0, 0.1) is 17.8 Å². The van der Waals surface area contributed by atoms with Crippen molar-refractivity contribution in [2.24, 2.45) is 17.8 Å². The van der Waals surface area contributed by atoms with E-state index < -0.39 is 0 Å². The Balaban J connectivity index is 2.31. The number of hydrogen-bond acceptors (Lipinski definition) is 1. The molecule has 0 aromatic carbocycles. The van der Waals surface area contributed by atoms with E-state index in [4.69, 9.17) is 0 Å². The van der Waals surface area contributed by atoms with Gasteiger partial charge in [-0.05, 0) is 24.7 Å². The number of carbonyl (C=O) groups excluding carboxylic acids is 1. The van der Waals surface area contributed by atoms with E-state index >= 15 is 0 Å². The Kier molecular flexibility index (Phi) is 3.95. The Morgan fingerprint density at radius 1 is 1.23 bits per heavy atom. The van der Waals surface area contributed by atoms with Crippen molar-refractivity contribution in [3.05, 3.63) is 0 Å². The summed E-state index contributed by atoms with van der Waals surface area (Å²) >= 11 is 0. The smallest absolute Gasteiger partial charge is 0.136 e. The van der Waals surface area contributed by atoms with Gasteiger partial charge in [0.15, 0.2) is 0 Å². The van der Waals surface area contributed by atoms with Gasteiger partial charge in [-0.3, -0.25) is 4.79 Å². The van der Waals surface area contributed by atoms with Crippen LogP contribution in [-0.2, 0) is 4.79 Å². The molecule has 1 aliphatic carbocycles. The van der Waals surface area contributed by atoms with Gasteiger partial charge < -0.3 is 0 Å². The second-order valence-electron chi connectivity index (χ2n) is 5.02. The van der Waals surface area contributed by atoms with Crippen LogP contribution in [0.4, 0.5) is 0 Å². The standard InChI is InChI=1S/C12H22O/c1-9(2)8-12(13)11-6-4-10(3)5-7-11/h9-11H,4-8H2,1-3H3. The van der Waals surface area contributed by atoms with Crippen LogP contribution in [0.25, 0.3) is 0 Å². The van der Waals surface area contributed by atoms with Crippen LogP contribution >= 0.6 is 0 Å². The van der Waals surface area contributed by atoms with Crippen molar-refractivity contribution in [2.45, 2.75) is 52.9 Å². The predicted molar refractivity (Wildman–Crippen MR) is 55.6 cm³/mol. The lowest BCUT2D eigenvalue weighted by molar-refractivity contribution is -0.124. The minimum atomic E-state index is 0.401. The lowest BCUT2D eigenvalue weighted by Crippen LogP contribution is -2.21. The summed E-state index contributed by atoms with van der Waals surface area (Å²) in [6, 6.07) is 0. The minimum Gasteiger partial charge on any atom is -0.299 e. The summed E-state index contributed by atoms with van der Waals surface area (Å²) in [5.41, 5.74) is 0. The van der Waals surface area contributed by atoms with E-state index in [0.717, 1.165) is 25.2 Å². The molecule has 1 heteroatoms. The Labute approximate surface area is 81.9 Å². The van der Waals surface area contributed by atoms with Gasteiger partial charge in [0.2, 0.25) is 0 Å². The van der Waals surface area contributed by atoms with Crippen molar-refractivity contribution in [1.82, 2.24) is 0 Å². The Hall–Kier alpha value is -0.330. The molecule has 1 aliphatic rings. The van der Waals surface area contributed by atoms with Crippen molar-refractivity contribution in [2.75, 3.05) is 0 Å². The van der Waals surface area contributed by atoms with Crippen molar-refractivity contribution >= 4 is 5.78 Å². The molecule has 0 unspecified atom stereocenters. The Morgan fingerprint density at radius 2 is 1.77 bits per heavy atom. The van der Waals surface area contributed by atoms with Crippen LogP contribution in [0.1, 0.15) is 52.9 Å². The van der Waals surface area contributed by atoms with Crippen LogP contribution < -0.4 is 0 Å². The molecule has 1 fully saturated rings. The zero-order chi connectivity index (χ0) is 9.84. The van der Waals surface area contributed by atoms with E-state index in [1.807, 2.05) is 0 Å². The second-order valence-corrected chi connectivity index (χ2v) is 5.02. The number of ketones is 1. The molecule has 0 radical (unpaired) electrons. The highest BCUT2D eigenvalue weighted by atomic mass is 16.1. The van der Waals surface area contributed by atoms with Gasteiger partial charge in [-0.15, -0.1) is 0 Å². The third-order valence-corrected chi connectivity index (χ3v) is 3.08. The molecule has 0 aliphatic heterocycles. The highest BCUT2D eigenvalue weighted by molar-refractivity contribution is 5.81. The summed E-state index contributed by atoms with van der Waals surface area (Å²) in [6.07, 6.45) is 5.60. The molecule has 0 spiro atoms. The SMILES string of the molecule is CC(C)CC(=O)C1CCC(C)CC1. The maximum absolute atomic E-state index is 11.7. The lowest BCUT2D eigenvalue weighted by Gasteiger charge is -2.25. The summed E-state index contributed by atoms with van der Waals surface area (Å²) in [6.45, 7) is 6.55. The number of rotatable bonds is 3. The molecule has 76 valence electrons. The monoisotopic (exact) mass is 182 g/mol. The Bertz CT molecular complexity index is 164. The molecule has 0 bridgehead atoms.